The average molecular weight is 389 g/mol. The molecule has 0 radical (unpaired) electrons. The van der Waals surface area contributed by atoms with Crippen LogP contribution in [0.5, 0.6) is 5.75 Å². The van der Waals surface area contributed by atoms with Crippen molar-refractivity contribution in [2.75, 3.05) is 11.9 Å². The van der Waals surface area contributed by atoms with Gasteiger partial charge in [-0.2, -0.15) is 5.10 Å². The first kappa shape index (κ1) is 19.9. The number of benzene rings is 2. The summed E-state index contributed by atoms with van der Waals surface area (Å²) in [5.74, 6) is -1.91. The molecule has 0 aliphatic carbocycles. The van der Waals surface area contributed by atoms with E-state index >= 15 is 0 Å². The summed E-state index contributed by atoms with van der Waals surface area (Å²) in [6.45, 7) is 1.61. The largest absolute Gasteiger partial charge is 0.484 e. The van der Waals surface area contributed by atoms with Gasteiger partial charge in [0.25, 0.3) is 5.91 Å². The zero-order chi connectivity index (χ0) is 19.8. The third-order valence-electron chi connectivity index (χ3n) is 3.28. The number of ether oxygens (including phenoxy) is 1. The van der Waals surface area contributed by atoms with Gasteiger partial charge in [0.1, 0.15) is 5.75 Å². The normalized spacial score (nSPS) is 10.4. The Hall–Kier alpha value is -3.39. The van der Waals surface area contributed by atoms with Crippen molar-refractivity contribution in [3.63, 3.8) is 0 Å². The average Bonchev–Trinajstić information content (AvgIpc) is 2.64. The Morgan fingerprint density at radius 2 is 1.85 bits per heavy atom. The Bertz CT molecular complexity index is 881. The van der Waals surface area contributed by atoms with Gasteiger partial charge in [0, 0.05) is 10.7 Å². The van der Waals surface area contributed by atoms with Crippen LogP contribution < -0.4 is 21.2 Å². The third kappa shape index (κ3) is 6.44. The number of nitrogens with zero attached hydrogens (tertiary/aromatic N) is 1. The van der Waals surface area contributed by atoms with Gasteiger partial charge < -0.3 is 15.8 Å². The minimum absolute atomic E-state index is 0.217. The Morgan fingerprint density at radius 1 is 1.15 bits per heavy atom. The van der Waals surface area contributed by atoms with Gasteiger partial charge in [-0.15, -0.1) is 0 Å². The van der Waals surface area contributed by atoms with Crippen LogP contribution in [0.1, 0.15) is 11.1 Å². The highest BCUT2D eigenvalue weighted by molar-refractivity contribution is 6.39. The molecule has 2 aromatic rings. The van der Waals surface area contributed by atoms with Crippen molar-refractivity contribution in [2.24, 2.45) is 10.8 Å². The van der Waals surface area contributed by atoms with E-state index in [1.165, 1.54) is 6.21 Å². The molecule has 0 spiro atoms. The molecule has 2 aromatic carbocycles. The lowest BCUT2D eigenvalue weighted by Gasteiger charge is -2.05. The predicted molar refractivity (Wildman–Crippen MR) is 102 cm³/mol. The summed E-state index contributed by atoms with van der Waals surface area (Å²) in [5, 5.41) is 6.62. The number of hydrazone groups is 1. The van der Waals surface area contributed by atoms with E-state index in [-0.39, 0.29) is 6.61 Å². The van der Waals surface area contributed by atoms with E-state index in [4.69, 9.17) is 22.1 Å². The maximum Gasteiger partial charge on any atom is 0.329 e. The van der Waals surface area contributed by atoms with Crippen LogP contribution in [-0.2, 0) is 14.4 Å². The summed E-state index contributed by atoms with van der Waals surface area (Å²) in [6, 6.07) is 11.4. The Morgan fingerprint density at radius 3 is 2.48 bits per heavy atom. The molecule has 0 aliphatic rings. The van der Waals surface area contributed by atoms with E-state index in [0.29, 0.717) is 22.0 Å². The predicted octanol–water partition coefficient (Wildman–Crippen LogP) is 1.60. The Balaban J connectivity index is 1.85. The number of carbonyl (C=O) groups is 3. The standard InChI is InChI=1S/C18H17ClN4O4/c1-11-2-5-13(8-15(11)19)22-17(25)18(26)23-21-9-12-3-6-14(7-4-12)27-10-16(20)24/h2-9H,10H2,1H3,(H2,20,24)(H,22,25)(H,23,26)/b21-9+. The van der Waals surface area contributed by atoms with Gasteiger partial charge in [0.05, 0.1) is 6.21 Å². The summed E-state index contributed by atoms with van der Waals surface area (Å²) < 4.78 is 5.12. The minimum Gasteiger partial charge on any atom is -0.484 e. The molecule has 140 valence electrons. The molecule has 0 bridgehead atoms. The number of primary amides is 1. The van der Waals surface area contributed by atoms with Crippen LogP contribution in [0, 0.1) is 6.92 Å². The second-order valence-corrected chi connectivity index (χ2v) is 5.85. The summed E-state index contributed by atoms with van der Waals surface area (Å²) in [5.41, 5.74) is 9.02. The van der Waals surface area contributed by atoms with Crippen molar-refractivity contribution in [2.45, 2.75) is 6.92 Å². The first-order valence-corrected chi connectivity index (χ1v) is 8.14. The molecular formula is C18H17ClN4O4. The fourth-order valence-corrected chi connectivity index (χ4v) is 2.06. The van der Waals surface area contributed by atoms with Crippen LogP contribution in [0.15, 0.2) is 47.6 Å². The van der Waals surface area contributed by atoms with E-state index in [9.17, 15) is 14.4 Å². The first-order valence-electron chi connectivity index (χ1n) is 7.77. The summed E-state index contributed by atoms with van der Waals surface area (Å²) in [4.78, 5) is 34.2. The lowest BCUT2D eigenvalue weighted by molar-refractivity contribution is -0.136. The number of nitrogens with one attached hydrogen (secondary N) is 2. The molecule has 0 saturated heterocycles. The molecular weight excluding hydrogens is 372 g/mol. The molecule has 0 aliphatic heterocycles. The van der Waals surface area contributed by atoms with Gasteiger partial charge in [0.2, 0.25) is 0 Å². The molecule has 2 rings (SSSR count). The quantitative estimate of drug-likeness (QED) is 0.395. The zero-order valence-electron chi connectivity index (χ0n) is 14.4. The number of rotatable bonds is 6. The maximum atomic E-state index is 11.8. The van der Waals surface area contributed by atoms with Gasteiger partial charge in [0.15, 0.2) is 6.61 Å². The summed E-state index contributed by atoms with van der Waals surface area (Å²) in [7, 11) is 0. The smallest absolute Gasteiger partial charge is 0.329 e. The minimum atomic E-state index is -0.927. The third-order valence-corrected chi connectivity index (χ3v) is 3.68. The monoisotopic (exact) mass is 388 g/mol. The van der Waals surface area contributed by atoms with Crippen molar-refractivity contribution in [1.29, 1.82) is 0 Å². The SMILES string of the molecule is Cc1ccc(NC(=O)C(=O)N/N=C/c2ccc(OCC(N)=O)cc2)cc1Cl. The van der Waals surface area contributed by atoms with Crippen molar-refractivity contribution in [3.8, 4) is 5.75 Å². The van der Waals surface area contributed by atoms with Crippen molar-refractivity contribution >= 4 is 41.2 Å². The molecule has 0 heterocycles. The van der Waals surface area contributed by atoms with E-state index in [1.54, 1.807) is 42.5 Å². The van der Waals surface area contributed by atoms with Crippen LogP contribution in [0.25, 0.3) is 0 Å². The van der Waals surface area contributed by atoms with Gasteiger partial charge in [-0.1, -0.05) is 17.7 Å². The highest BCUT2D eigenvalue weighted by atomic mass is 35.5. The van der Waals surface area contributed by atoms with Gasteiger partial charge in [-0.25, -0.2) is 5.43 Å². The van der Waals surface area contributed by atoms with Gasteiger partial charge in [-0.05, 0) is 54.4 Å². The zero-order valence-corrected chi connectivity index (χ0v) is 15.1. The van der Waals surface area contributed by atoms with Crippen LogP contribution in [0.3, 0.4) is 0 Å². The van der Waals surface area contributed by atoms with Crippen molar-refractivity contribution in [1.82, 2.24) is 5.43 Å². The molecule has 8 nitrogen and oxygen atoms in total. The lowest BCUT2D eigenvalue weighted by atomic mass is 10.2. The number of aryl methyl sites for hydroxylation is 1. The molecule has 9 heteroatoms. The fourth-order valence-electron chi connectivity index (χ4n) is 1.88. The number of hydrogen-bond donors (Lipinski definition) is 3. The molecule has 0 atom stereocenters. The second-order valence-electron chi connectivity index (χ2n) is 5.44. The Kier molecular flexibility index (Phi) is 6.90. The molecule has 0 saturated carbocycles. The fraction of sp³-hybridized carbons (Fsp3) is 0.111. The number of nitrogens with two attached hydrogens (primary N) is 1. The first-order chi connectivity index (χ1) is 12.8. The maximum absolute atomic E-state index is 11.8. The molecule has 27 heavy (non-hydrogen) atoms. The number of anilines is 1. The Labute approximate surface area is 160 Å². The van der Waals surface area contributed by atoms with Gasteiger partial charge in [-0.3, -0.25) is 14.4 Å². The molecule has 3 amide bonds. The summed E-state index contributed by atoms with van der Waals surface area (Å²) in [6.07, 6.45) is 1.35. The molecule has 0 aromatic heterocycles. The topological polar surface area (TPSA) is 123 Å². The van der Waals surface area contributed by atoms with Crippen LogP contribution in [0.4, 0.5) is 5.69 Å². The number of halogens is 1. The molecule has 0 unspecified atom stereocenters. The number of hydrogen-bond acceptors (Lipinski definition) is 5. The van der Waals surface area contributed by atoms with E-state index < -0.39 is 17.7 Å². The van der Waals surface area contributed by atoms with Crippen molar-refractivity contribution in [3.05, 3.63) is 58.6 Å². The van der Waals surface area contributed by atoms with Gasteiger partial charge >= 0.3 is 11.8 Å². The van der Waals surface area contributed by atoms with Crippen LogP contribution >= 0.6 is 11.6 Å². The second kappa shape index (κ2) is 9.35. The number of carbonyl (C=O) groups excluding carboxylic acids is 3. The summed E-state index contributed by atoms with van der Waals surface area (Å²) >= 11 is 5.97. The lowest BCUT2D eigenvalue weighted by Crippen LogP contribution is -2.32. The van der Waals surface area contributed by atoms with E-state index in [0.717, 1.165) is 5.56 Å². The highest BCUT2D eigenvalue weighted by Gasteiger charge is 2.13. The highest BCUT2D eigenvalue weighted by Crippen LogP contribution is 2.19. The van der Waals surface area contributed by atoms with Crippen LogP contribution in [0.2, 0.25) is 5.02 Å². The van der Waals surface area contributed by atoms with Crippen molar-refractivity contribution < 1.29 is 19.1 Å². The van der Waals surface area contributed by atoms with Crippen LogP contribution in [-0.4, -0.2) is 30.5 Å². The molecule has 4 N–H and O–H groups in total. The molecule has 0 fully saturated rings. The number of amides is 3. The van der Waals surface area contributed by atoms with E-state index in [1.807, 2.05) is 6.92 Å². The van der Waals surface area contributed by atoms with E-state index in [2.05, 4.69) is 15.8 Å².